The number of piperidine rings is 1. The first kappa shape index (κ1) is 19.7. The second-order valence-corrected chi connectivity index (χ2v) is 7.45. The van der Waals surface area contributed by atoms with E-state index in [0.717, 1.165) is 42.9 Å². The largest absolute Gasteiger partial charge is 0.461 e. The topological polar surface area (TPSA) is 66.2 Å². The fourth-order valence-electron chi connectivity index (χ4n) is 3.68. The van der Waals surface area contributed by atoms with Crippen LogP contribution in [0, 0.1) is 17.2 Å². The Morgan fingerprint density at radius 1 is 1.00 bits per heavy atom. The van der Waals surface area contributed by atoms with Gasteiger partial charge in [0.15, 0.2) is 0 Å². The van der Waals surface area contributed by atoms with Crippen LogP contribution in [0.1, 0.15) is 24.0 Å². The number of aromatic nitrogens is 1. The smallest absolute Gasteiger partial charge is 0.309 e. The van der Waals surface area contributed by atoms with E-state index < -0.39 is 0 Å². The zero-order valence-electron chi connectivity index (χ0n) is 16.7. The number of benzene rings is 2. The summed E-state index contributed by atoms with van der Waals surface area (Å²) in [5, 5.41) is 8.88. The van der Waals surface area contributed by atoms with E-state index in [9.17, 15) is 4.79 Å². The molecule has 1 aliphatic heterocycles. The number of nitriles is 1. The number of pyridine rings is 1. The normalized spacial score (nSPS) is 14.2. The highest BCUT2D eigenvalue weighted by molar-refractivity contribution is 5.73. The number of carbonyl (C=O) groups is 1. The molecule has 1 fully saturated rings. The molecule has 4 rings (SSSR count). The molecule has 0 radical (unpaired) electrons. The third-order valence-corrected chi connectivity index (χ3v) is 5.47. The van der Waals surface area contributed by atoms with Crippen molar-refractivity contribution in [3.8, 4) is 17.2 Å². The number of ether oxygens (including phenoxy) is 1. The van der Waals surface area contributed by atoms with Crippen LogP contribution in [0.5, 0.6) is 0 Å². The lowest BCUT2D eigenvalue weighted by molar-refractivity contribution is -0.150. The maximum atomic E-state index is 12.5. The summed E-state index contributed by atoms with van der Waals surface area (Å²) in [6, 6.07) is 24.0. The summed E-state index contributed by atoms with van der Waals surface area (Å²) in [7, 11) is 0. The minimum absolute atomic E-state index is 0.0803. The van der Waals surface area contributed by atoms with E-state index in [4.69, 9.17) is 10.00 Å². The van der Waals surface area contributed by atoms with E-state index in [-0.39, 0.29) is 11.9 Å². The van der Waals surface area contributed by atoms with Crippen molar-refractivity contribution >= 4 is 11.8 Å². The monoisotopic (exact) mass is 397 g/mol. The van der Waals surface area contributed by atoms with Gasteiger partial charge in [0.1, 0.15) is 18.5 Å². The molecular weight excluding hydrogens is 374 g/mol. The van der Waals surface area contributed by atoms with Crippen LogP contribution < -0.4 is 4.90 Å². The molecule has 0 aliphatic carbocycles. The third-order valence-electron chi connectivity index (χ3n) is 5.47. The van der Waals surface area contributed by atoms with Crippen LogP contribution in [0.15, 0.2) is 72.9 Å². The van der Waals surface area contributed by atoms with Crippen LogP contribution in [-0.2, 0) is 16.1 Å². The zero-order chi connectivity index (χ0) is 20.8. The number of esters is 1. The van der Waals surface area contributed by atoms with Crippen LogP contribution in [0.25, 0.3) is 11.1 Å². The zero-order valence-corrected chi connectivity index (χ0v) is 16.7. The van der Waals surface area contributed by atoms with Crippen LogP contribution in [0.3, 0.4) is 0 Å². The van der Waals surface area contributed by atoms with Gasteiger partial charge < -0.3 is 9.64 Å². The second kappa shape index (κ2) is 9.23. The van der Waals surface area contributed by atoms with Gasteiger partial charge in [-0.2, -0.15) is 5.26 Å². The number of anilines is 1. The van der Waals surface area contributed by atoms with Gasteiger partial charge in [-0.1, -0.05) is 54.6 Å². The van der Waals surface area contributed by atoms with Crippen molar-refractivity contribution in [1.82, 2.24) is 4.98 Å². The molecule has 2 aromatic carbocycles. The quantitative estimate of drug-likeness (QED) is 0.590. The summed E-state index contributed by atoms with van der Waals surface area (Å²) in [5.41, 5.74) is 3.86. The van der Waals surface area contributed by atoms with E-state index in [1.165, 1.54) is 5.56 Å². The molecule has 1 aliphatic rings. The molecule has 2 heterocycles. The van der Waals surface area contributed by atoms with Crippen molar-refractivity contribution in [3.05, 3.63) is 84.1 Å². The van der Waals surface area contributed by atoms with Crippen molar-refractivity contribution in [2.45, 2.75) is 19.4 Å². The minimum Gasteiger partial charge on any atom is -0.461 e. The fourth-order valence-corrected chi connectivity index (χ4v) is 3.68. The molecular formula is C25H23N3O2. The molecule has 1 saturated heterocycles. The number of rotatable bonds is 5. The molecule has 5 heteroatoms. The average molecular weight is 397 g/mol. The summed E-state index contributed by atoms with van der Waals surface area (Å²) in [6.45, 7) is 1.81. The lowest BCUT2D eigenvalue weighted by Crippen LogP contribution is -2.37. The Morgan fingerprint density at radius 3 is 2.33 bits per heavy atom. The fraction of sp³-hybridized carbons (Fsp3) is 0.240. The van der Waals surface area contributed by atoms with E-state index in [1.54, 1.807) is 12.3 Å². The highest BCUT2D eigenvalue weighted by atomic mass is 16.5. The summed E-state index contributed by atoms with van der Waals surface area (Å²) < 4.78 is 5.58. The van der Waals surface area contributed by atoms with Crippen molar-refractivity contribution in [3.63, 3.8) is 0 Å². The molecule has 0 N–H and O–H groups in total. The predicted molar refractivity (Wildman–Crippen MR) is 116 cm³/mol. The van der Waals surface area contributed by atoms with Gasteiger partial charge in [-0.25, -0.2) is 4.98 Å². The first-order valence-corrected chi connectivity index (χ1v) is 10.1. The molecule has 0 unspecified atom stereocenters. The number of hydrogen-bond donors (Lipinski definition) is 0. The van der Waals surface area contributed by atoms with E-state index in [0.29, 0.717) is 12.2 Å². The van der Waals surface area contributed by atoms with Crippen LogP contribution in [0.2, 0.25) is 0 Å². The van der Waals surface area contributed by atoms with Gasteiger partial charge in [-0.05, 0) is 41.7 Å². The first-order valence-electron chi connectivity index (χ1n) is 10.1. The minimum atomic E-state index is -0.130. The number of nitrogens with zero attached hydrogens (tertiary/aromatic N) is 3. The first-order chi connectivity index (χ1) is 14.7. The van der Waals surface area contributed by atoms with E-state index in [2.05, 4.69) is 40.2 Å². The number of hydrogen-bond acceptors (Lipinski definition) is 5. The van der Waals surface area contributed by atoms with E-state index >= 15 is 0 Å². The molecule has 5 nitrogen and oxygen atoms in total. The molecule has 3 aromatic rings. The molecule has 30 heavy (non-hydrogen) atoms. The van der Waals surface area contributed by atoms with Gasteiger partial charge in [0.25, 0.3) is 0 Å². The highest BCUT2D eigenvalue weighted by Crippen LogP contribution is 2.24. The number of carbonyl (C=O) groups excluding carboxylic acids is 1. The summed E-state index contributed by atoms with van der Waals surface area (Å²) >= 11 is 0. The maximum Gasteiger partial charge on any atom is 0.309 e. The molecule has 0 atom stereocenters. The molecule has 0 saturated carbocycles. The Morgan fingerprint density at radius 2 is 1.70 bits per heavy atom. The summed E-state index contributed by atoms with van der Waals surface area (Å²) in [6.07, 6.45) is 3.07. The van der Waals surface area contributed by atoms with Gasteiger partial charge in [-0.3, -0.25) is 4.79 Å². The molecule has 1 aromatic heterocycles. The average Bonchev–Trinajstić information content (AvgIpc) is 2.83. The van der Waals surface area contributed by atoms with Gasteiger partial charge in [0.2, 0.25) is 0 Å². The van der Waals surface area contributed by atoms with Crippen molar-refractivity contribution < 1.29 is 9.53 Å². The maximum absolute atomic E-state index is 12.5. The third kappa shape index (κ3) is 4.66. The highest BCUT2D eigenvalue weighted by Gasteiger charge is 2.26. The Hall–Kier alpha value is -3.65. The van der Waals surface area contributed by atoms with Crippen LogP contribution >= 0.6 is 0 Å². The van der Waals surface area contributed by atoms with Gasteiger partial charge >= 0.3 is 5.97 Å². The summed E-state index contributed by atoms with van der Waals surface area (Å²) in [4.78, 5) is 19.0. The Kier molecular flexibility index (Phi) is 6.05. The standard InChI is InChI=1S/C25H23N3O2/c26-16-20-8-11-24(27-17-20)28-14-12-23(13-15-28)25(29)30-18-19-6-9-22(10-7-19)21-4-2-1-3-5-21/h1-11,17,23H,12-15,18H2. The molecule has 0 bridgehead atoms. The van der Waals surface area contributed by atoms with Gasteiger partial charge in [0.05, 0.1) is 11.5 Å². The predicted octanol–water partition coefficient (Wildman–Crippen LogP) is 4.58. The van der Waals surface area contributed by atoms with Gasteiger partial charge in [-0.15, -0.1) is 0 Å². The lowest BCUT2D eigenvalue weighted by Gasteiger charge is -2.31. The SMILES string of the molecule is N#Cc1ccc(N2CCC(C(=O)OCc3ccc(-c4ccccc4)cc3)CC2)nc1. The Labute approximate surface area is 176 Å². The van der Waals surface area contributed by atoms with Crippen molar-refractivity contribution in [2.24, 2.45) is 5.92 Å². The second-order valence-electron chi connectivity index (χ2n) is 7.45. The molecule has 0 spiro atoms. The van der Waals surface area contributed by atoms with E-state index in [1.807, 2.05) is 36.4 Å². The van der Waals surface area contributed by atoms with Crippen molar-refractivity contribution in [1.29, 1.82) is 5.26 Å². The lowest BCUT2D eigenvalue weighted by atomic mass is 9.97. The summed E-state index contributed by atoms with van der Waals surface area (Å²) in [5.74, 6) is 0.636. The van der Waals surface area contributed by atoms with Crippen LogP contribution in [-0.4, -0.2) is 24.0 Å². The Balaban J connectivity index is 1.26. The van der Waals surface area contributed by atoms with Crippen molar-refractivity contribution in [2.75, 3.05) is 18.0 Å². The van der Waals surface area contributed by atoms with Gasteiger partial charge in [0, 0.05) is 19.3 Å². The Bertz CT molecular complexity index is 1020. The molecule has 150 valence electrons. The van der Waals surface area contributed by atoms with Crippen LogP contribution in [0.4, 0.5) is 5.82 Å². The molecule has 0 amide bonds.